The third kappa shape index (κ3) is 4.38. The van der Waals surface area contributed by atoms with Crippen molar-refractivity contribution < 1.29 is 13.2 Å². The highest BCUT2D eigenvalue weighted by Gasteiger charge is 2.09. The SMILES string of the molecule is COCCS(=O)(=O)Nc1ccc(CCl)cc1. The van der Waals surface area contributed by atoms with Gasteiger partial charge in [-0.05, 0) is 17.7 Å². The summed E-state index contributed by atoms with van der Waals surface area (Å²) in [6.45, 7) is 0.176. The monoisotopic (exact) mass is 263 g/mol. The van der Waals surface area contributed by atoms with E-state index < -0.39 is 10.0 Å². The van der Waals surface area contributed by atoms with Crippen LogP contribution in [0.15, 0.2) is 24.3 Å². The molecule has 1 rings (SSSR count). The maximum absolute atomic E-state index is 11.5. The molecule has 16 heavy (non-hydrogen) atoms. The number of methoxy groups -OCH3 is 1. The van der Waals surface area contributed by atoms with Gasteiger partial charge in [0.2, 0.25) is 10.0 Å². The van der Waals surface area contributed by atoms with E-state index in [4.69, 9.17) is 16.3 Å². The van der Waals surface area contributed by atoms with Gasteiger partial charge in [-0.1, -0.05) is 12.1 Å². The first kappa shape index (κ1) is 13.3. The molecule has 0 unspecified atom stereocenters. The van der Waals surface area contributed by atoms with Crippen molar-refractivity contribution in [2.75, 3.05) is 24.2 Å². The van der Waals surface area contributed by atoms with Crippen molar-refractivity contribution in [1.29, 1.82) is 0 Å². The summed E-state index contributed by atoms with van der Waals surface area (Å²) >= 11 is 5.63. The molecule has 0 saturated carbocycles. The highest BCUT2D eigenvalue weighted by molar-refractivity contribution is 7.92. The lowest BCUT2D eigenvalue weighted by Gasteiger charge is -2.07. The van der Waals surface area contributed by atoms with Crippen LogP contribution in [0.2, 0.25) is 0 Å². The fraction of sp³-hybridized carbons (Fsp3) is 0.400. The molecule has 0 radical (unpaired) electrons. The number of halogens is 1. The van der Waals surface area contributed by atoms with Gasteiger partial charge in [0.25, 0.3) is 0 Å². The van der Waals surface area contributed by atoms with Gasteiger partial charge in [0, 0.05) is 18.7 Å². The molecule has 6 heteroatoms. The van der Waals surface area contributed by atoms with E-state index in [0.717, 1.165) is 5.56 Å². The average molecular weight is 264 g/mol. The molecule has 0 saturated heterocycles. The van der Waals surface area contributed by atoms with Crippen LogP contribution in [0, 0.1) is 0 Å². The van der Waals surface area contributed by atoms with Crippen LogP contribution >= 0.6 is 11.6 Å². The van der Waals surface area contributed by atoms with Crippen molar-refractivity contribution in [3.8, 4) is 0 Å². The van der Waals surface area contributed by atoms with Crippen LogP contribution in [0.3, 0.4) is 0 Å². The summed E-state index contributed by atoms with van der Waals surface area (Å²) in [6, 6.07) is 6.92. The number of alkyl halides is 1. The van der Waals surface area contributed by atoms with Crippen molar-refractivity contribution in [1.82, 2.24) is 0 Å². The van der Waals surface area contributed by atoms with E-state index in [1.54, 1.807) is 24.3 Å². The van der Waals surface area contributed by atoms with Crippen molar-refractivity contribution in [2.45, 2.75) is 5.88 Å². The second kappa shape index (κ2) is 6.08. The molecule has 0 fully saturated rings. The van der Waals surface area contributed by atoms with E-state index in [1.165, 1.54) is 7.11 Å². The van der Waals surface area contributed by atoms with E-state index in [-0.39, 0.29) is 12.4 Å². The Morgan fingerprint density at radius 2 is 1.94 bits per heavy atom. The fourth-order valence-corrected chi connectivity index (χ4v) is 2.25. The van der Waals surface area contributed by atoms with Gasteiger partial charge in [0.05, 0.1) is 12.4 Å². The lowest BCUT2D eigenvalue weighted by molar-refractivity contribution is 0.217. The fourth-order valence-electron chi connectivity index (χ4n) is 1.09. The number of anilines is 1. The molecule has 0 spiro atoms. The van der Waals surface area contributed by atoms with Gasteiger partial charge in [-0.2, -0.15) is 0 Å². The Hall–Kier alpha value is -0.780. The Labute approximate surface area is 101 Å². The molecular weight excluding hydrogens is 250 g/mol. The van der Waals surface area contributed by atoms with Gasteiger partial charge in [-0.15, -0.1) is 11.6 Å². The van der Waals surface area contributed by atoms with Crippen molar-refractivity contribution in [3.05, 3.63) is 29.8 Å². The number of nitrogens with one attached hydrogen (secondary N) is 1. The summed E-state index contributed by atoms with van der Waals surface area (Å²) in [6.07, 6.45) is 0. The van der Waals surface area contributed by atoms with Gasteiger partial charge < -0.3 is 4.74 Å². The summed E-state index contributed by atoms with van der Waals surface area (Å²) in [7, 11) is -1.86. The molecule has 1 aromatic carbocycles. The first-order valence-electron chi connectivity index (χ1n) is 4.72. The van der Waals surface area contributed by atoms with Crippen LogP contribution < -0.4 is 4.72 Å². The highest BCUT2D eigenvalue weighted by atomic mass is 35.5. The summed E-state index contributed by atoms with van der Waals surface area (Å²) in [5, 5.41) is 0. The van der Waals surface area contributed by atoms with Crippen LogP contribution in [-0.2, 0) is 20.6 Å². The van der Waals surface area contributed by atoms with Gasteiger partial charge in [-0.3, -0.25) is 4.72 Å². The largest absolute Gasteiger partial charge is 0.384 e. The zero-order valence-corrected chi connectivity index (χ0v) is 10.5. The summed E-state index contributed by atoms with van der Waals surface area (Å²) in [5.41, 5.74) is 1.48. The van der Waals surface area contributed by atoms with Crippen molar-refractivity contribution in [3.63, 3.8) is 0 Å². The van der Waals surface area contributed by atoms with Crippen LogP contribution in [0.1, 0.15) is 5.56 Å². The lowest BCUT2D eigenvalue weighted by atomic mass is 10.2. The predicted octanol–water partition coefficient (Wildman–Crippen LogP) is 1.81. The molecule has 1 aromatic rings. The second-order valence-electron chi connectivity index (χ2n) is 3.24. The smallest absolute Gasteiger partial charge is 0.234 e. The molecule has 0 amide bonds. The molecule has 0 aliphatic heterocycles. The van der Waals surface area contributed by atoms with Crippen LogP contribution in [0.25, 0.3) is 0 Å². The van der Waals surface area contributed by atoms with Crippen molar-refractivity contribution >= 4 is 27.3 Å². The Bertz CT molecular complexity index is 416. The molecule has 0 aromatic heterocycles. The Balaban J connectivity index is 2.65. The summed E-state index contributed by atoms with van der Waals surface area (Å²) < 4.78 is 30.2. The van der Waals surface area contributed by atoms with Gasteiger partial charge >= 0.3 is 0 Å². The van der Waals surface area contributed by atoms with E-state index in [0.29, 0.717) is 11.6 Å². The highest BCUT2D eigenvalue weighted by Crippen LogP contribution is 2.12. The summed E-state index contributed by atoms with van der Waals surface area (Å²) in [4.78, 5) is 0. The van der Waals surface area contributed by atoms with E-state index in [9.17, 15) is 8.42 Å². The maximum Gasteiger partial charge on any atom is 0.234 e. The van der Waals surface area contributed by atoms with Crippen LogP contribution in [0.5, 0.6) is 0 Å². The molecule has 90 valence electrons. The first-order chi connectivity index (χ1) is 7.57. The average Bonchev–Trinajstić information content (AvgIpc) is 2.27. The molecule has 0 atom stereocenters. The minimum absolute atomic E-state index is 0.0548. The normalized spacial score (nSPS) is 11.4. The number of hydrogen-bond acceptors (Lipinski definition) is 3. The molecule has 1 N–H and O–H groups in total. The van der Waals surface area contributed by atoms with Crippen LogP contribution in [0.4, 0.5) is 5.69 Å². The minimum atomic E-state index is -3.32. The molecule has 0 aliphatic rings. The lowest BCUT2D eigenvalue weighted by Crippen LogP contribution is -2.19. The third-order valence-corrected chi connectivity index (χ3v) is 3.50. The molecular formula is C10H14ClNO3S. The Morgan fingerprint density at radius 1 is 1.31 bits per heavy atom. The van der Waals surface area contributed by atoms with Gasteiger partial charge in [0.15, 0.2) is 0 Å². The predicted molar refractivity (Wildman–Crippen MR) is 65.3 cm³/mol. The topological polar surface area (TPSA) is 55.4 Å². The number of sulfonamides is 1. The quantitative estimate of drug-likeness (QED) is 0.797. The Kier molecular flexibility index (Phi) is 5.05. The van der Waals surface area contributed by atoms with Gasteiger partial charge in [0.1, 0.15) is 0 Å². The number of hydrogen-bond donors (Lipinski definition) is 1. The van der Waals surface area contributed by atoms with E-state index in [2.05, 4.69) is 4.72 Å². The molecule has 0 heterocycles. The first-order valence-corrected chi connectivity index (χ1v) is 6.90. The zero-order chi connectivity index (χ0) is 12.0. The minimum Gasteiger partial charge on any atom is -0.384 e. The van der Waals surface area contributed by atoms with Crippen molar-refractivity contribution in [2.24, 2.45) is 0 Å². The molecule has 0 aliphatic carbocycles. The van der Waals surface area contributed by atoms with Crippen LogP contribution in [-0.4, -0.2) is 27.9 Å². The third-order valence-electron chi connectivity index (χ3n) is 1.94. The zero-order valence-electron chi connectivity index (χ0n) is 8.94. The number of ether oxygens (including phenoxy) is 1. The van der Waals surface area contributed by atoms with Gasteiger partial charge in [-0.25, -0.2) is 8.42 Å². The second-order valence-corrected chi connectivity index (χ2v) is 5.35. The molecule has 4 nitrogen and oxygen atoms in total. The standard InChI is InChI=1S/C10H14ClNO3S/c1-15-6-7-16(13,14)12-10-4-2-9(8-11)3-5-10/h2-5,12H,6-8H2,1H3. The van der Waals surface area contributed by atoms with E-state index >= 15 is 0 Å². The summed E-state index contributed by atoms with van der Waals surface area (Å²) in [5.74, 6) is 0.359. The molecule has 0 bridgehead atoms. The van der Waals surface area contributed by atoms with E-state index in [1.807, 2.05) is 0 Å². The Morgan fingerprint density at radius 3 is 2.44 bits per heavy atom. The maximum atomic E-state index is 11.5. The number of benzene rings is 1. The number of rotatable bonds is 6.